The van der Waals surface area contributed by atoms with Gasteiger partial charge in [0.25, 0.3) is 0 Å². The van der Waals surface area contributed by atoms with Crippen LogP contribution in [0.1, 0.15) is 19.3 Å². The smallest absolute Gasteiger partial charge is 0.172 e. The summed E-state index contributed by atoms with van der Waals surface area (Å²) in [6.45, 7) is 0.754. The van der Waals surface area contributed by atoms with Crippen LogP contribution in [0.3, 0.4) is 0 Å². The third kappa shape index (κ3) is 0.652. The second kappa shape index (κ2) is 1.79. The number of rotatable bonds is 1. The van der Waals surface area contributed by atoms with Crippen molar-refractivity contribution in [3.63, 3.8) is 0 Å². The molecule has 0 spiro atoms. The van der Waals surface area contributed by atoms with E-state index in [1.807, 2.05) is 0 Å². The summed E-state index contributed by atoms with van der Waals surface area (Å²) in [7, 11) is 0. The van der Waals surface area contributed by atoms with Crippen molar-refractivity contribution in [1.29, 1.82) is 5.26 Å². The van der Waals surface area contributed by atoms with E-state index in [2.05, 4.69) is 16.3 Å². The summed E-state index contributed by atoms with van der Waals surface area (Å²) in [5.41, 5.74) is -0.389. The minimum absolute atomic E-state index is 0.389. The molecule has 52 valence electrons. The molecule has 0 saturated heterocycles. The number of nitriles is 1. The summed E-state index contributed by atoms with van der Waals surface area (Å²) in [6.07, 6.45) is 3.20. The molecule has 0 aromatic heterocycles. The van der Waals surface area contributed by atoms with E-state index in [1.165, 1.54) is 12.8 Å². The summed E-state index contributed by atoms with van der Waals surface area (Å²) in [5.74, 6) is 0.531. The van der Waals surface area contributed by atoms with Crippen LogP contribution in [0.15, 0.2) is 10.2 Å². The summed E-state index contributed by atoms with van der Waals surface area (Å²) < 4.78 is 0. The van der Waals surface area contributed by atoms with Gasteiger partial charge in [-0.2, -0.15) is 15.5 Å². The maximum absolute atomic E-state index is 8.82. The fourth-order valence-corrected chi connectivity index (χ4v) is 1.46. The van der Waals surface area contributed by atoms with Crippen LogP contribution in [0.25, 0.3) is 0 Å². The molecule has 2 aliphatic rings. The highest BCUT2D eigenvalue weighted by molar-refractivity contribution is 5.16. The highest BCUT2D eigenvalue weighted by Gasteiger charge is 2.47. The molecule has 1 saturated carbocycles. The van der Waals surface area contributed by atoms with E-state index >= 15 is 0 Å². The zero-order valence-electron chi connectivity index (χ0n) is 5.75. The highest BCUT2D eigenvalue weighted by atomic mass is 15.2. The first-order chi connectivity index (χ1) is 4.87. The first kappa shape index (κ1) is 5.84. The van der Waals surface area contributed by atoms with E-state index in [1.54, 1.807) is 0 Å². The standard InChI is InChI=1S/C7H9N3/c8-5-7(6-1-2-6)3-4-9-10-7/h6H,1-4H2. The average Bonchev–Trinajstić information content (AvgIpc) is 2.71. The van der Waals surface area contributed by atoms with Crippen LogP contribution in [0.5, 0.6) is 0 Å². The van der Waals surface area contributed by atoms with Crippen molar-refractivity contribution in [2.45, 2.75) is 24.8 Å². The van der Waals surface area contributed by atoms with Gasteiger partial charge in [0.2, 0.25) is 0 Å². The van der Waals surface area contributed by atoms with Gasteiger partial charge in [-0.3, -0.25) is 0 Å². The Morgan fingerprint density at radius 1 is 1.50 bits per heavy atom. The van der Waals surface area contributed by atoms with Crippen molar-refractivity contribution in [3.05, 3.63) is 0 Å². The van der Waals surface area contributed by atoms with Gasteiger partial charge in [-0.25, -0.2) is 0 Å². The molecule has 1 aliphatic carbocycles. The first-order valence-corrected chi connectivity index (χ1v) is 3.67. The Hall–Kier alpha value is -0.910. The quantitative estimate of drug-likeness (QED) is 0.537. The molecule has 1 atom stereocenters. The molecule has 0 N–H and O–H groups in total. The van der Waals surface area contributed by atoms with Crippen molar-refractivity contribution < 1.29 is 0 Å². The Labute approximate surface area is 59.8 Å². The molecule has 0 radical (unpaired) electrons. The summed E-state index contributed by atoms with van der Waals surface area (Å²) in [6, 6.07) is 2.28. The minimum atomic E-state index is -0.389. The highest BCUT2D eigenvalue weighted by Crippen LogP contribution is 2.45. The third-order valence-corrected chi connectivity index (χ3v) is 2.29. The predicted octanol–water partition coefficient (Wildman–Crippen LogP) is 1.51. The molecule has 1 heterocycles. The number of hydrogen-bond donors (Lipinski definition) is 0. The third-order valence-electron chi connectivity index (χ3n) is 2.29. The Bertz CT molecular complexity index is 211. The number of azo groups is 1. The van der Waals surface area contributed by atoms with Crippen molar-refractivity contribution in [2.75, 3.05) is 6.54 Å². The van der Waals surface area contributed by atoms with E-state index in [-0.39, 0.29) is 5.54 Å². The predicted molar refractivity (Wildman–Crippen MR) is 35.4 cm³/mol. The Morgan fingerprint density at radius 3 is 2.70 bits per heavy atom. The number of nitrogens with zero attached hydrogens (tertiary/aromatic N) is 3. The van der Waals surface area contributed by atoms with Crippen LogP contribution < -0.4 is 0 Å². The van der Waals surface area contributed by atoms with Crippen LogP contribution in [-0.2, 0) is 0 Å². The van der Waals surface area contributed by atoms with Gasteiger partial charge in [0.05, 0.1) is 12.6 Å². The summed E-state index contributed by atoms with van der Waals surface area (Å²) in [5, 5.41) is 16.7. The van der Waals surface area contributed by atoms with Gasteiger partial charge >= 0.3 is 0 Å². The largest absolute Gasteiger partial charge is 0.196 e. The lowest BCUT2D eigenvalue weighted by Gasteiger charge is -2.12. The molecule has 3 nitrogen and oxygen atoms in total. The van der Waals surface area contributed by atoms with Gasteiger partial charge in [-0.15, -0.1) is 0 Å². The van der Waals surface area contributed by atoms with Gasteiger partial charge in [-0.1, -0.05) is 0 Å². The van der Waals surface area contributed by atoms with E-state index in [0.29, 0.717) is 5.92 Å². The maximum Gasteiger partial charge on any atom is 0.172 e. The van der Waals surface area contributed by atoms with Gasteiger partial charge in [0.15, 0.2) is 5.54 Å². The molecule has 0 bridgehead atoms. The van der Waals surface area contributed by atoms with Crippen molar-refractivity contribution in [2.24, 2.45) is 16.1 Å². The molecular weight excluding hydrogens is 126 g/mol. The monoisotopic (exact) mass is 135 g/mol. The lowest BCUT2D eigenvalue weighted by atomic mass is 9.93. The molecule has 1 aliphatic heterocycles. The SMILES string of the molecule is N#CC1(C2CC2)CCN=N1. The fraction of sp³-hybridized carbons (Fsp3) is 0.857. The zero-order chi connectivity index (χ0) is 7.03. The van der Waals surface area contributed by atoms with Gasteiger partial charge in [0.1, 0.15) is 0 Å². The lowest BCUT2D eigenvalue weighted by molar-refractivity contribution is 0.484. The van der Waals surface area contributed by atoms with E-state index in [4.69, 9.17) is 5.26 Å². The maximum atomic E-state index is 8.82. The minimum Gasteiger partial charge on any atom is -0.196 e. The Morgan fingerprint density at radius 2 is 2.30 bits per heavy atom. The molecule has 10 heavy (non-hydrogen) atoms. The van der Waals surface area contributed by atoms with Crippen LogP contribution in [0.2, 0.25) is 0 Å². The van der Waals surface area contributed by atoms with Crippen molar-refractivity contribution in [1.82, 2.24) is 0 Å². The second-order valence-electron chi connectivity index (χ2n) is 3.03. The molecule has 3 heteroatoms. The molecule has 0 aromatic rings. The second-order valence-corrected chi connectivity index (χ2v) is 3.03. The Balaban J connectivity index is 2.22. The summed E-state index contributed by atoms with van der Waals surface area (Å²) in [4.78, 5) is 0. The summed E-state index contributed by atoms with van der Waals surface area (Å²) >= 11 is 0. The van der Waals surface area contributed by atoms with Crippen molar-refractivity contribution >= 4 is 0 Å². The Kier molecular flexibility index (Phi) is 1.04. The molecule has 0 amide bonds. The molecule has 1 unspecified atom stereocenters. The average molecular weight is 135 g/mol. The van der Waals surface area contributed by atoms with Crippen LogP contribution in [0, 0.1) is 17.2 Å². The van der Waals surface area contributed by atoms with Crippen LogP contribution >= 0.6 is 0 Å². The topological polar surface area (TPSA) is 48.5 Å². The number of hydrogen-bond acceptors (Lipinski definition) is 3. The van der Waals surface area contributed by atoms with Crippen LogP contribution in [0.4, 0.5) is 0 Å². The van der Waals surface area contributed by atoms with E-state index < -0.39 is 0 Å². The van der Waals surface area contributed by atoms with Crippen LogP contribution in [-0.4, -0.2) is 12.1 Å². The molecule has 0 aromatic carbocycles. The molecular formula is C7H9N3. The van der Waals surface area contributed by atoms with Gasteiger partial charge < -0.3 is 0 Å². The van der Waals surface area contributed by atoms with Gasteiger partial charge in [0, 0.05) is 6.42 Å². The zero-order valence-corrected chi connectivity index (χ0v) is 5.75. The molecule has 1 fully saturated rings. The van der Waals surface area contributed by atoms with Crippen molar-refractivity contribution in [3.8, 4) is 6.07 Å². The first-order valence-electron chi connectivity index (χ1n) is 3.67. The fourth-order valence-electron chi connectivity index (χ4n) is 1.46. The van der Waals surface area contributed by atoms with E-state index in [9.17, 15) is 0 Å². The lowest BCUT2D eigenvalue weighted by Crippen LogP contribution is -2.23. The molecule has 2 rings (SSSR count). The van der Waals surface area contributed by atoms with Gasteiger partial charge in [-0.05, 0) is 18.8 Å². The normalized spacial score (nSPS) is 37.9. The van der Waals surface area contributed by atoms with E-state index in [0.717, 1.165) is 13.0 Å².